The Hall–Kier alpha value is -6.50. The zero-order valence-corrected chi connectivity index (χ0v) is 27.5. The molecule has 2 aliphatic heterocycles. The van der Waals surface area contributed by atoms with Crippen molar-refractivity contribution >= 4 is 22.1 Å². The van der Waals surface area contributed by atoms with Crippen molar-refractivity contribution in [3.8, 4) is 69.9 Å². The van der Waals surface area contributed by atoms with Crippen LogP contribution in [0.2, 0.25) is 0 Å². The third-order valence-corrected chi connectivity index (χ3v) is 9.17. The van der Waals surface area contributed by atoms with Gasteiger partial charge in [0.25, 0.3) is 0 Å². The Kier molecular flexibility index (Phi) is 8.35. The monoisotopic (exact) mass is 654 g/mol. The molecule has 8 rings (SSSR count). The summed E-state index contributed by atoms with van der Waals surface area (Å²) in [5.41, 5.74) is 9.00. The Balaban J connectivity index is 1.03. The first-order chi connectivity index (χ1) is 24.7. The van der Waals surface area contributed by atoms with Crippen molar-refractivity contribution in [2.24, 2.45) is 0 Å². The van der Waals surface area contributed by atoms with E-state index < -0.39 is 0 Å². The van der Waals surface area contributed by atoms with E-state index in [9.17, 15) is 0 Å². The number of benzene rings is 6. The van der Waals surface area contributed by atoms with Gasteiger partial charge in [-0.05, 0) is 82.9 Å². The summed E-state index contributed by atoms with van der Waals surface area (Å²) in [5, 5.41) is 2.34. The third-order valence-electron chi connectivity index (χ3n) is 9.17. The Bertz CT molecular complexity index is 2100. The number of anilines is 2. The maximum absolute atomic E-state index is 6.29. The molecule has 0 saturated carbocycles. The zero-order valence-electron chi connectivity index (χ0n) is 27.5. The molecule has 0 atom stereocenters. The summed E-state index contributed by atoms with van der Waals surface area (Å²) >= 11 is 0. The highest BCUT2D eigenvalue weighted by molar-refractivity contribution is 6.02. The predicted molar refractivity (Wildman–Crippen MR) is 200 cm³/mol. The van der Waals surface area contributed by atoms with E-state index in [0.717, 1.165) is 80.8 Å². The van der Waals surface area contributed by atoms with Gasteiger partial charge in [0.15, 0.2) is 13.5 Å². The average Bonchev–Trinajstić information content (AvgIpc) is 3.18. The van der Waals surface area contributed by atoms with Crippen LogP contribution >= 0.6 is 0 Å². The van der Waals surface area contributed by atoms with Crippen molar-refractivity contribution in [1.29, 1.82) is 0 Å². The van der Waals surface area contributed by atoms with Crippen molar-refractivity contribution < 1.29 is 18.9 Å². The van der Waals surface area contributed by atoms with E-state index in [1.807, 2.05) is 24.3 Å². The number of terminal acetylenes is 2. The van der Waals surface area contributed by atoms with Crippen molar-refractivity contribution in [1.82, 2.24) is 0 Å². The molecule has 244 valence electrons. The van der Waals surface area contributed by atoms with Crippen molar-refractivity contribution in [3.63, 3.8) is 0 Å². The van der Waals surface area contributed by atoms with Crippen molar-refractivity contribution in [2.45, 2.75) is 13.1 Å². The second-order valence-electron chi connectivity index (χ2n) is 12.3. The Morgan fingerprint density at radius 1 is 0.520 bits per heavy atom. The maximum atomic E-state index is 6.29. The second-order valence-corrected chi connectivity index (χ2v) is 12.3. The average molecular weight is 655 g/mol. The second kappa shape index (κ2) is 13.5. The van der Waals surface area contributed by atoms with Gasteiger partial charge in [-0.15, -0.1) is 12.8 Å². The van der Waals surface area contributed by atoms with Crippen molar-refractivity contribution in [3.05, 3.63) is 132 Å². The predicted octanol–water partition coefficient (Wildman–Crippen LogP) is 8.91. The fraction of sp³-hybridized carbons (Fsp3) is 0.136. The van der Waals surface area contributed by atoms with Crippen LogP contribution in [0.1, 0.15) is 11.1 Å². The Morgan fingerprint density at radius 2 is 0.940 bits per heavy atom. The molecule has 0 radical (unpaired) electrons. The highest BCUT2D eigenvalue weighted by Gasteiger charge is 2.23. The molecule has 0 saturated heterocycles. The Morgan fingerprint density at radius 3 is 1.36 bits per heavy atom. The number of hydrogen-bond acceptors (Lipinski definition) is 6. The SMILES string of the molecule is C#CCOc1ccc(-c2ccc3c(c2)CN(c2cccc4c(N5COc6ccc(-c7ccc(OCC#C)cc7)cc6C5)cccc24)CO3)cc1. The van der Waals surface area contributed by atoms with Gasteiger partial charge >= 0.3 is 0 Å². The van der Waals surface area contributed by atoms with E-state index in [1.54, 1.807) is 0 Å². The number of ether oxygens (including phenoxy) is 4. The summed E-state index contributed by atoms with van der Waals surface area (Å²) < 4.78 is 23.7. The van der Waals surface area contributed by atoms with Crippen LogP contribution in [0.5, 0.6) is 23.0 Å². The van der Waals surface area contributed by atoms with Crippen LogP contribution in [0.25, 0.3) is 33.0 Å². The van der Waals surface area contributed by atoms with Gasteiger partial charge in [-0.3, -0.25) is 0 Å². The van der Waals surface area contributed by atoms with E-state index >= 15 is 0 Å². The van der Waals surface area contributed by atoms with Crippen LogP contribution < -0.4 is 28.7 Å². The summed E-state index contributed by atoms with van der Waals surface area (Å²) in [4.78, 5) is 4.60. The number of fused-ring (bicyclic) bond motifs is 3. The minimum atomic E-state index is 0.253. The number of nitrogens with zero attached hydrogens (tertiary/aromatic N) is 2. The lowest BCUT2D eigenvalue weighted by Crippen LogP contribution is -2.33. The van der Waals surface area contributed by atoms with Gasteiger partial charge in [0.2, 0.25) is 0 Å². The molecular formula is C44H34N2O4. The number of hydrogen-bond donors (Lipinski definition) is 0. The van der Waals surface area contributed by atoms with E-state index in [4.69, 9.17) is 31.8 Å². The quantitative estimate of drug-likeness (QED) is 0.153. The largest absolute Gasteiger partial charge is 0.481 e. The molecule has 0 spiro atoms. The van der Waals surface area contributed by atoms with Crippen LogP contribution in [0.4, 0.5) is 11.4 Å². The molecule has 6 nitrogen and oxygen atoms in total. The highest BCUT2D eigenvalue weighted by Crippen LogP contribution is 2.40. The minimum Gasteiger partial charge on any atom is -0.481 e. The first kappa shape index (κ1) is 30.8. The lowest BCUT2D eigenvalue weighted by Gasteiger charge is -2.34. The Labute approximate surface area is 292 Å². The molecule has 0 bridgehead atoms. The minimum absolute atomic E-state index is 0.253. The first-order valence-corrected chi connectivity index (χ1v) is 16.5. The molecule has 0 N–H and O–H groups in total. The van der Waals surface area contributed by atoms with Gasteiger partial charge in [-0.2, -0.15) is 0 Å². The van der Waals surface area contributed by atoms with E-state index in [1.165, 1.54) is 10.8 Å². The van der Waals surface area contributed by atoms with Gasteiger partial charge < -0.3 is 28.7 Å². The molecule has 0 fully saturated rings. The molecule has 0 aliphatic carbocycles. The molecule has 6 heteroatoms. The summed E-state index contributed by atoms with van der Waals surface area (Å²) in [6.07, 6.45) is 10.7. The molecule has 6 aromatic rings. The van der Waals surface area contributed by atoms with Crippen LogP contribution in [0.3, 0.4) is 0 Å². The molecule has 0 amide bonds. The molecule has 0 unspecified atom stereocenters. The van der Waals surface area contributed by atoms with E-state index in [2.05, 4.69) is 119 Å². The van der Waals surface area contributed by atoms with Gasteiger partial charge in [0.1, 0.15) is 36.2 Å². The van der Waals surface area contributed by atoms with Gasteiger partial charge in [-0.1, -0.05) is 72.5 Å². The summed E-state index contributed by atoms with van der Waals surface area (Å²) in [5.74, 6) is 8.35. The van der Waals surface area contributed by atoms with Crippen LogP contribution in [-0.4, -0.2) is 26.7 Å². The third kappa shape index (κ3) is 6.12. The highest BCUT2D eigenvalue weighted by atomic mass is 16.5. The maximum Gasteiger partial charge on any atom is 0.161 e. The fourth-order valence-electron chi connectivity index (χ4n) is 6.72. The standard InChI is InChI=1S/C44H34N2O4/c1-3-23-47-37-17-11-31(12-18-37)33-15-21-43-35(25-33)27-45(29-49-43)41-9-5-8-40-39(41)7-6-10-42(40)46-28-36-26-34(16-22-44(36)50-30-46)32-13-19-38(20-14-32)48-24-4-2/h1-2,5-22,25-26H,23-24,27-30H2. The molecule has 50 heavy (non-hydrogen) atoms. The fourth-order valence-corrected chi connectivity index (χ4v) is 6.72. The molecule has 6 aromatic carbocycles. The molecule has 2 aliphatic rings. The van der Waals surface area contributed by atoms with Gasteiger partial charge in [-0.25, -0.2) is 0 Å². The summed E-state index contributed by atoms with van der Waals surface area (Å²) in [7, 11) is 0. The first-order valence-electron chi connectivity index (χ1n) is 16.5. The molecule has 2 heterocycles. The lowest BCUT2D eigenvalue weighted by molar-refractivity contribution is 0.289. The molecular weight excluding hydrogens is 620 g/mol. The van der Waals surface area contributed by atoms with Gasteiger partial charge in [0, 0.05) is 46.4 Å². The normalized spacial score (nSPS) is 13.2. The van der Waals surface area contributed by atoms with Crippen LogP contribution in [0, 0.1) is 24.7 Å². The summed E-state index contributed by atoms with van der Waals surface area (Å²) in [6.45, 7) is 2.91. The number of rotatable bonds is 8. The summed E-state index contributed by atoms with van der Waals surface area (Å²) in [6, 6.07) is 41.8. The zero-order chi connectivity index (χ0) is 33.9. The van der Waals surface area contributed by atoms with Crippen molar-refractivity contribution in [2.75, 3.05) is 36.5 Å². The van der Waals surface area contributed by atoms with Crippen LogP contribution in [0.15, 0.2) is 121 Å². The smallest absolute Gasteiger partial charge is 0.161 e. The lowest BCUT2D eigenvalue weighted by atomic mass is 10.00. The topological polar surface area (TPSA) is 43.4 Å². The van der Waals surface area contributed by atoms with Crippen LogP contribution in [-0.2, 0) is 13.1 Å². The van der Waals surface area contributed by atoms with E-state index in [0.29, 0.717) is 13.5 Å². The van der Waals surface area contributed by atoms with Gasteiger partial charge in [0.05, 0.1) is 0 Å². The van der Waals surface area contributed by atoms with E-state index in [-0.39, 0.29) is 13.2 Å². The molecule has 0 aromatic heterocycles.